The summed E-state index contributed by atoms with van der Waals surface area (Å²) in [7, 11) is 0. The van der Waals surface area contributed by atoms with Gasteiger partial charge in [0.2, 0.25) is 0 Å². The molecule has 7 heteroatoms. The maximum atomic E-state index is 8.89. The molecule has 0 heterocycles. The summed E-state index contributed by atoms with van der Waals surface area (Å²) in [6.07, 6.45) is -2.33. The molecule has 0 aromatic heterocycles. The van der Waals surface area contributed by atoms with E-state index in [0.717, 1.165) is 6.92 Å². The second-order valence-corrected chi connectivity index (χ2v) is 0.742. The van der Waals surface area contributed by atoms with Gasteiger partial charge in [0.15, 0.2) is 0 Å². The Morgan fingerprint density at radius 3 is 1.10 bits per heavy atom. The average molecular weight is 225 g/mol. The third-order valence-corrected chi connectivity index (χ3v) is 0. The molecule has 5 nitrogen and oxygen atoms in total. The molecule has 0 amide bonds. The number of carbonyl (C=O) groups is 2. The minimum atomic E-state index is -2.33. The van der Waals surface area contributed by atoms with E-state index >= 15 is 0 Å². The Morgan fingerprint density at radius 1 is 1.10 bits per heavy atom. The van der Waals surface area contributed by atoms with E-state index in [1.54, 1.807) is 0 Å². The minimum Gasteiger partial charge on any atom is -0.652 e. The molecule has 0 atom stereocenters. The van der Waals surface area contributed by atoms with Gasteiger partial charge >= 0.3 is 57.2 Å². The van der Waals surface area contributed by atoms with Gasteiger partial charge in [-0.2, -0.15) is 0 Å². The van der Waals surface area contributed by atoms with Gasteiger partial charge in [-0.3, -0.25) is 0 Å². The second-order valence-electron chi connectivity index (χ2n) is 0.742. The van der Waals surface area contributed by atoms with Crippen molar-refractivity contribution in [3.63, 3.8) is 0 Å². The molecular formula is C3H3CaO5Zn+. The zero-order chi connectivity index (χ0) is 7.15. The molecule has 0 aromatic rings. The van der Waals surface area contributed by atoms with Crippen LogP contribution in [0.3, 0.4) is 0 Å². The van der Waals surface area contributed by atoms with Crippen LogP contribution in [0.5, 0.6) is 0 Å². The van der Waals surface area contributed by atoms with E-state index in [1.165, 1.54) is 0 Å². The van der Waals surface area contributed by atoms with Crippen LogP contribution in [0, 0.1) is 0 Å². The number of carbonyl (C=O) groups excluding carboxylic acids is 2. The largest absolute Gasteiger partial charge is 2.00 e. The van der Waals surface area contributed by atoms with Crippen LogP contribution in [0.15, 0.2) is 0 Å². The number of aliphatic carboxylic acids is 1. The molecule has 0 spiro atoms. The molecular weight excluding hydrogens is 221 g/mol. The van der Waals surface area contributed by atoms with Crippen LogP contribution in [0.25, 0.3) is 0 Å². The monoisotopic (exact) mass is 223 g/mol. The Kier molecular flexibility index (Phi) is 36.6. The Bertz CT molecular complexity index is 74.9. The number of carboxylic acids is 1. The molecule has 0 bridgehead atoms. The third-order valence-electron chi connectivity index (χ3n) is 0. The number of hydrogen-bond donors (Lipinski definition) is 0. The molecule has 0 saturated heterocycles. The first-order chi connectivity index (χ1) is 3.46. The first-order valence-corrected chi connectivity index (χ1v) is 1.52. The van der Waals surface area contributed by atoms with E-state index in [4.69, 9.17) is 24.9 Å². The zero-order valence-electron chi connectivity index (χ0n) is 5.46. The summed E-state index contributed by atoms with van der Waals surface area (Å²) in [5, 5.41) is 25.6. The summed E-state index contributed by atoms with van der Waals surface area (Å²) < 4.78 is 0. The molecule has 0 aliphatic rings. The van der Waals surface area contributed by atoms with Crippen molar-refractivity contribution in [2.45, 2.75) is 6.92 Å². The van der Waals surface area contributed by atoms with Crippen molar-refractivity contribution in [2.75, 3.05) is 0 Å². The topological polar surface area (TPSA) is 103 Å². The van der Waals surface area contributed by atoms with Gasteiger partial charge < -0.3 is 24.9 Å². The van der Waals surface area contributed by atoms with Crippen LogP contribution in [-0.4, -0.2) is 49.9 Å². The molecule has 0 fully saturated rings. The molecule has 0 radical (unpaired) electrons. The summed E-state index contributed by atoms with van der Waals surface area (Å²) >= 11 is 0. The fourth-order valence-electron chi connectivity index (χ4n) is 0. The van der Waals surface area contributed by atoms with Gasteiger partial charge in [-0.25, -0.2) is 0 Å². The zero-order valence-corrected chi connectivity index (χ0v) is 10.6. The third kappa shape index (κ3) is 1290. The van der Waals surface area contributed by atoms with Crippen molar-refractivity contribution in [1.29, 1.82) is 0 Å². The van der Waals surface area contributed by atoms with Gasteiger partial charge in [0, 0.05) is 5.97 Å². The normalized spacial score (nSPS) is 4.90. The van der Waals surface area contributed by atoms with Crippen LogP contribution in [0.2, 0.25) is 0 Å². The molecule has 0 rings (SSSR count). The SMILES string of the molecule is CC(=O)[O-].O=C([O-])[O-].[Ca+2].[Zn+2]. The second kappa shape index (κ2) is 16.3. The van der Waals surface area contributed by atoms with Crippen LogP contribution in [0.1, 0.15) is 6.92 Å². The van der Waals surface area contributed by atoms with E-state index < -0.39 is 12.1 Å². The molecule has 0 aliphatic heterocycles. The molecule has 0 unspecified atom stereocenters. The Balaban J connectivity index is -0.0000000300. The molecule has 0 N–H and O–H groups in total. The smallest absolute Gasteiger partial charge is 0.652 e. The van der Waals surface area contributed by atoms with Gasteiger partial charge in [0.05, 0.1) is 0 Å². The number of carboxylic acid groups (broad SMARTS) is 3. The van der Waals surface area contributed by atoms with Crippen LogP contribution in [0.4, 0.5) is 4.79 Å². The van der Waals surface area contributed by atoms with Crippen LogP contribution < -0.4 is 15.3 Å². The average Bonchev–Trinajstić information content (AvgIpc) is 1.25. The summed E-state index contributed by atoms with van der Waals surface area (Å²) in [6.45, 7) is 0.972. The standard InChI is InChI=1S/C2H4O2.CH2O3.Ca.Zn/c1-2(3)4;2-1(3)4;;/h1H3,(H,3,4);(H2,2,3,4);;/q;;2*+2/p-3. The number of hydrogen-bond acceptors (Lipinski definition) is 5. The summed E-state index contributed by atoms with van der Waals surface area (Å²) in [5.41, 5.74) is 0. The summed E-state index contributed by atoms with van der Waals surface area (Å²) in [4.78, 5) is 17.2. The van der Waals surface area contributed by atoms with Gasteiger partial charge in [-0.1, -0.05) is 0 Å². The molecule has 10 heavy (non-hydrogen) atoms. The molecule has 48 valence electrons. The van der Waals surface area contributed by atoms with Crippen molar-refractivity contribution in [1.82, 2.24) is 0 Å². The van der Waals surface area contributed by atoms with Crippen molar-refractivity contribution < 1.29 is 44.4 Å². The van der Waals surface area contributed by atoms with Crippen LogP contribution >= 0.6 is 0 Å². The predicted molar refractivity (Wildman–Crippen MR) is 21.8 cm³/mol. The maximum Gasteiger partial charge on any atom is 2.00 e. The molecule has 0 saturated carbocycles. The van der Waals surface area contributed by atoms with Crippen molar-refractivity contribution in [3.8, 4) is 0 Å². The quantitative estimate of drug-likeness (QED) is 0.389. The first kappa shape index (κ1) is 22.4. The van der Waals surface area contributed by atoms with E-state index in [2.05, 4.69) is 0 Å². The van der Waals surface area contributed by atoms with Crippen molar-refractivity contribution >= 4 is 49.9 Å². The Labute approximate surface area is 100 Å². The number of rotatable bonds is 0. The van der Waals surface area contributed by atoms with E-state index in [-0.39, 0.29) is 57.2 Å². The first-order valence-electron chi connectivity index (χ1n) is 1.52. The fourth-order valence-corrected chi connectivity index (χ4v) is 0. The van der Waals surface area contributed by atoms with E-state index in [1.807, 2.05) is 0 Å². The van der Waals surface area contributed by atoms with Crippen molar-refractivity contribution in [2.24, 2.45) is 0 Å². The summed E-state index contributed by atoms with van der Waals surface area (Å²) in [6, 6.07) is 0. The Morgan fingerprint density at radius 2 is 1.10 bits per heavy atom. The molecule has 0 aliphatic carbocycles. The van der Waals surface area contributed by atoms with E-state index in [9.17, 15) is 0 Å². The van der Waals surface area contributed by atoms with Crippen molar-refractivity contribution in [3.05, 3.63) is 0 Å². The fraction of sp³-hybridized carbons (Fsp3) is 0.333. The minimum absolute atomic E-state index is 0. The Hall–Kier alpha value is 0.623. The van der Waals surface area contributed by atoms with Gasteiger partial charge in [0.1, 0.15) is 0 Å². The van der Waals surface area contributed by atoms with Gasteiger partial charge in [-0.15, -0.1) is 0 Å². The molecule has 0 aromatic carbocycles. The summed E-state index contributed by atoms with van der Waals surface area (Å²) in [5.74, 6) is -1.08. The van der Waals surface area contributed by atoms with Crippen LogP contribution in [-0.2, 0) is 24.3 Å². The van der Waals surface area contributed by atoms with Gasteiger partial charge in [-0.05, 0) is 13.1 Å². The maximum absolute atomic E-state index is 8.89. The predicted octanol–water partition coefficient (Wildman–Crippen LogP) is -4.07. The van der Waals surface area contributed by atoms with Gasteiger partial charge in [0.25, 0.3) is 0 Å². The van der Waals surface area contributed by atoms with E-state index in [0.29, 0.717) is 0 Å².